The van der Waals surface area contributed by atoms with E-state index in [0.29, 0.717) is 13.2 Å². The normalized spacial score (nSPS) is 17.7. The number of ether oxygens (including phenoxy) is 2. The van der Waals surface area contributed by atoms with Gasteiger partial charge in [-0.25, -0.2) is 0 Å². The molecule has 0 radical (unpaired) electrons. The molecule has 0 bridgehead atoms. The van der Waals surface area contributed by atoms with Gasteiger partial charge in [0.15, 0.2) is 16.6 Å². The van der Waals surface area contributed by atoms with Gasteiger partial charge in [0.2, 0.25) is 0 Å². The number of hydrogen-bond donors (Lipinski definition) is 1. The molecule has 1 aromatic rings. The molecule has 1 aromatic carbocycles. The van der Waals surface area contributed by atoms with Crippen LogP contribution in [-0.2, 0) is 20.2 Å². The molecule has 0 aliphatic carbocycles. The van der Waals surface area contributed by atoms with E-state index in [2.05, 4.69) is 88.5 Å². The topological polar surface area (TPSA) is 57.2 Å². The first kappa shape index (κ1) is 34.3. The van der Waals surface area contributed by atoms with Crippen LogP contribution < -0.4 is 4.74 Å². The Morgan fingerprint density at radius 1 is 0.757 bits per heavy atom. The van der Waals surface area contributed by atoms with Gasteiger partial charge < -0.3 is 23.4 Å². The molecule has 1 N–H and O–H groups in total. The highest BCUT2D eigenvalue weighted by Crippen LogP contribution is 2.43. The molecule has 0 aromatic heterocycles. The van der Waals surface area contributed by atoms with Crippen molar-refractivity contribution in [2.45, 2.75) is 117 Å². The van der Waals surface area contributed by atoms with Crippen LogP contribution >= 0.6 is 0 Å². The lowest BCUT2D eigenvalue weighted by atomic mass is 9.85. The minimum atomic E-state index is -2.07. The van der Waals surface area contributed by atoms with Gasteiger partial charge in [-0.05, 0) is 54.0 Å². The first-order valence-corrected chi connectivity index (χ1v) is 19.8. The zero-order valence-corrected chi connectivity index (χ0v) is 28.4. The summed E-state index contributed by atoms with van der Waals surface area (Å²) >= 11 is 0. The summed E-state index contributed by atoms with van der Waals surface area (Å²) < 4.78 is 25.6. The molecular formula is C30H58O5Si2. The van der Waals surface area contributed by atoms with Gasteiger partial charge >= 0.3 is 0 Å². The van der Waals surface area contributed by atoms with Crippen molar-refractivity contribution in [2.75, 3.05) is 20.3 Å². The Morgan fingerprint density at radius 2 is 1.19 bits per heavy atom. The lowest BCUT2D eigenvalue weighted by Gasteiger charge is -2.47. The van der Waals surface area contributed by atoms with Crippen molar-refractivity contribution in [1.82, 2.24) is 0 Å². The van der Waals surface area contributed by atoms with Gasteiger partial charge in [-0.1, -0.05) is 74.4 Å². The standard InChI is InChI=1S/C30H58O5Si2/c1-22(19-31)27(34-36(11,12)29(4,5)6)24(3)28(35-37(13,14)30(7,8)9)23(2)20-33-21-25-15-17-26(32-10)18-16-25/h15-18,22-24,27-28,31H,19-21H2,1-14H3/t22-,23+,24+,27+,28+/m1/s1. The first-order valence-electron chi connectivity index (χ1n) is 13.9. The molecule has 0 saturated heterocycles. The van der Waals surface area contributed by atoms with E-state index < -0.39 is 16.6 Å². The quantitative estimate of drug-likeness (QED) is 0.237. The number of aliphatic hydroxyl groups excluding tert-OH is 1. The fraction of sp³-hybridized carbons (Fsp3) is 0.800. The van der Waals surface area contributed by atoms with Crippen LogP contribution in [0.4, 0.5) is 0 Å². The highest BCUT2D eigenvalue weighted by Gasteiger charge is 2.46. The Kier molecular flexibility index (Phi) is 12.6. The molecule has 0 aliphatic rings. The number of rotatable bonds is 14. The molecule has 5 nitrogen and oxygen atoms in total. The fourth-order valence-corrected chi connectivity index (χ4v) is 6.95. The van der Waals surface area contributed by atoms with E-state index in [9.17, 15) is 5.11 Å². The number of hydrogen-bond acceptors (Lipinski definition) is 5. The van der Waals surface area contributed by atoms with Gasteiger partial charge in [0.25, 0.3) is 0 Å². The second-order valence-electron chi connectivity index (χ2n) is 14.0. The van der Waals surface area contributed by atoms with Gasteiger partial charge in [-0.3, -0.25) is 0 Å². The van der Waals surface area contributed by atoms with Crippen LogP contribution in [0.5, 0.6) is 5.75 Å². The zero-order chi connectivity index (χ0) is 28.8. The average Bonchev–Trinajstić information content (AvgIpc) is 2.79. The third kappa shape index (κ3) is 9.77. The number of aliphatic hydroxyl groups is 1. The van der Waals surface area contributed by atoms with Crippen LogP contribution in [-0.4, -0.2) is 54.3 Å². The predicted octanol–water partition coefficient (Wildman–Crippen LogP) is 7.89. The summed E-state index contributed by atoms with van der Waals surface area (Å²) in [5.74, 6) is 1.13. The lowest BCUT2D eigenvalue weighted by Crippen LogP contribution is -2.54. The summed E-state index contributed by atoms with van der Waals surface area (Å²) in [5.41, 5.74) is 1.12. The lowest BCUT2D eigenvalue weighted by molar-refractivity contribution is -0.0447. The Morgan fingerprint density at radius 3 is 1.57 bits per heavy atom. The van der Waals surface area contributed by atoms with Crippen molar-refractivity contribution in [2.24, 2.45) is 17.8 Å². The molecule has 37 heavy (non-hydrogen) atoms. The summed E-state index contributed by atoms with van der Waals surface area (Å²) in [6.07, 6.45) is -0.134. The second-order valence-corrected chi connectivity index (χ2v) is 23.6. The molecule has 0 saturated carbocycles. The third-order valence-electron chi connectivity index (χ3n) is 8.73. The highest BCUT2D eigenvalue weighted by molar-refractivity contribution is 6.74. The summed E-state index contributed by atoms with van der Waals surface area (Å²) in [6, 6.07) is 8.02. The van der Waals surface area contributed by atoms with Crippen LogP contribution in [0.3, 0.4) is 0 Å². The summed E-state index contributed by atoms with van der Waals surface area (Å²) in [7, 11) is -2.45. The van der Waals surface area contributed by atoms with Crippen molar-refractivity contribution in [3.63, 3.8) is 0 Å². The zero-order valence-electron chi connectivity index (χ0n) is 26.4. The highest BCUT2D eigenvalue weighted by atomic mass is 28.4. The molecule has 0 aliphatic heterocycles. The maximum absolute atomic E-state index is 10.2. The second kappa shape index (κ2) is 13.6. The van der Waals surface area contributed by atoms with Gasteiger partial charge in [0.05, 0.1) is 32.5 Å². The van der Waals surface area contributed by atoms with Crippen molar-refractivity contribution in [1.29, 1.82) is 0 Å². The van der Waals surface area contributed by atoms with Crippen molar-refractivity contribution in [3.05, 3.63) is 29.8 Å². The average molecular weight is 555 g/mol. The number of benzene rings is 1. The van der Waals surface area contributed by atoms with E-state index in [1.54, 1.807) is 7.11 Å². The summed E-state index contributed by atoms with van der Waals surface area (Å²) in [5, 5.41) is 10.4. The van der Waals surface area contributed by atoms with E-state index in [1.165, 1.54) is 0 Å². The molecule has 0 spiro atoms. The smallest absolute Gasteiger partial charge is 0.192 e. The molecule has 5 atom stereocenters. The Labute approximate surface area is 230 Å². The Hall–Kier alpha value is -0.706. The van der Waals surface area contributed by atoms with E-state index in [1.807, 2.05) is 24.3 Å². The van der Waals surface area contributed by atoms with Crippen LogP contribution in [0.15, 0.2) is 24.3 Å². The Bertz CT molecular complexity index is 796. The summed E-state index contributed by atoms with van der Waals surface area (Å²) in [6.45, 7) is 30.7. The monoisotopic (exact) mass is 554 g/mol. The molecule has 7 heteroatoms. The third-order valence-corrected chi connectivity index (χ3v) is 17.7. The van der Waals surface area contributed by atoms with E-state index in [0.717, 1.165) is 11.3 Å². The van der Waals surface area contributed by atoms with Crippen LogP contribution in [0.1, 0.15) is 67.9 Å². The molecule has 216 valence electrons. The van der Waals surface area contributed by atoms with Gasteiger partial charge in [0, 0.05) is 24.4 Å². The van der Waals surface area contributed by atoms with Crippen LogP contribution in [0.2, 0.25) is 36.3 Å². The first-order chi connectivity index (χ1) is 16.8. The van der Waals surface area contributed by atoms with Gasteiger partial charge in [0.1, 0.15) is 5.75 Å². The predicted molar refractivity (Wildman–Crippen MR) is 161 cm³/mol. The van der Waals surface area contributed by atoms with Crippen molar-refractivity contribution < 1.29 is 23.4 Å². The molecule has 1 rings (SSSR count). The maximum Gasteiger partial charge on any atom is 0.192 e. The Balaban J connectivity index is 3.21. The molecular weight excluding hydrogens is 496 g/mol. The molecule has 0 heterocycles. The van der Waals surface area contributed by atoms with Crippen LogP contribution in [0, 0.1) is 17.8 Å². The van der Waals surface area contributed by atoms with Crippen LogP contribution in [0.25, 0.3) is 0 Å². The largest absolute Gasteiger partial charge is 0.497 e. The minimum absolute atomic E-state index is 0.0158. The maximum atomic E-state index is 10.2. The van der Waals surface area contributed by atoms with E-state index in [-0.39, 0.29) is 46.6 Å². The van der Waals surface area contributed by atoms with E-state index in [4.69, 9.17) is 18.3 Å². The van der Waals surface area contributed by atoms with Crippen molar-refractivity contribution in [3.8, 4) is 5.75 Å². The number of methoxy groups -OCH3 is 1. The fourth-order valence-electron chi connectivity index (χ4n) is 3.99. The summed E-state index contributed by atoms with van der Waals surface area (Å²) in [4.78, 5) is 0. The molecule has 0 unspecified atom stereocenters. The molecule has 0 fully saturated rings. The van der Waals surface area contributed by atoms with Crippen molar-refractivity contribution >= 4 is 16.6 Å². The SMILES string of the molecule is COc1ccc(COC[C@H](C)[C@H](O[Si](C)(C)C(C)(C)C)[C@@H](C)[C@@H](O[Si](C)(C)C(C)(C)C)[C@H](C)CO)cc1. The molecule has 0 amide bonds. The minimum Gasteiger partial charge on any atom is -0.497 e. The van der Waals surface area contributed by atoms with Gasteiger partial charge in [-0.2, -0.15) is 0 Å². The van der Waals surface area contributed by atoms with E-state index >= 15 is 0 Å². The van der Waals surface area contributed by atoms with Gasteiger partial charge in [-0.15, -0.1) is 0 Å².